The minimum atomic E-state index is -4.87. The minimum Gasteiger partial charge on any atom is -0.366 e. The van der Waals surface area contributed by atoms with Gasteiger partial charge in [0.1, 0.15) is 5.82 Å². The van der Waals surface area contributed by atoms with E-state index in [9.17, 15) is 26.7 Å². The van der Waals surface area contributed by atoms with Crippen LogP contribution in [0.5, 0.6) is 0 Å². The second kappa shape index (κ2) is 6.21. The topological polar surface area (TPSA) is 73.8 Å². The molecule has 2 aromatic heterocycles. The number of aromatic nitrogens is 3. The molecule has 10 heteroatoms. The number of benzene rings is 1. The first kappa shape index (κ1) is 17.5. The van der Waals surface area contributed by atoms with Gasteiger partial charge in [0.2, 0.25) is 5.91 Å². The molecule has 0 aliphatic heterocycles. The average Bonchev–Trinajstić information content (AvgIpc) is 3.02. The molecule has 0 bridgehead atoms. The van der Waals surface area contributed by atoms with E-state index >= 15 is 0 Å². The fraction of sp³-hybridized carbons (Fsp3) is 0.0625. The number of halogens is 5. The summed E-state index contributed by atoms with van der Waals surface area (Å²) in [6.07, 6.45) is -2.96. The van der Waals surface area contributed by atoms with Gasteiger partial charge in [-0.1, -0.05) is 12.1 Å². The summed E-state index contributed by atoms with van der Waals surface area (Å²) in [6.45, 7) is 0. The van der Waals surface area contributed by atoms with Crippen LogP contribution in [0.4, 0.5) is 22.0 Å². The number of carbonyl (C=O) groups is 1. The van der Waals surface area contributed by atoms with Crippen molar-refractivity contribution in [2.24, 2.45) is 5.73 Å². The van der Waals surface area contributed by atoms with Crippen molar-refractivity contribution in [2.45, 2.75) is 6.18 Å². The number of nitrogens with two attached hydrogens (primary N) is 1. The summed E-state index contributed by atoms with van der Waals surface area (Å²) in [5.74, 6) is -3.59. The van der Waals surface area contributed by atoms with Gasteiger partial charge in [-0.05, 0) is 12.1 Å². The number of amides is 1. The number of nitrogens with zero attached hydrogens (tertiary/aromatic N) is 3. The summed E-state index contributed by atoms with van der Waals surface area (Å²) in [6, 6.07) is 5.03. The fourth-order valence-electron chi connectivity index (χ4n) is 2.44. The van der Waals surface area contributed by atoms with E-state index in [1.165, 1.54) is 12.1 Å². The van der Waals surface area contributed by atoms with Crippen LogP contribution in [0.15, 0.2) is 42.7 Å². The Morgan fingerprint density at radius 2 is 1.88 bits per heavy atom. The molecule has 0 unspecified atom stereocenters. The summed E-state index contributed by atoms with van der Waals surface area (Å²) in [5.41, 5.74) is 2.48. The second-order valence-electron chi connectivity index (χ2n) is 5.19. The molecule has 1 aromatic carbocycles. The molecule has 0 atom stereocenters. The fourth-order valence-corrected chi connectivity index (χ4v) is 2.44. The molecule has 3 aromatic rings. The standard InChI is InChI=1S/C16H9F5N4O/c17-8-6-11(18)15(23-7-8)25-5-4-12(24-25)9-2-1-3-10(14(22)26)13(9)16(19,20)21/h1-7H,(H2,22,26). The molecule has 0 aliphatic carbocycles. The molecule has 0 aliphatic rings. The molecule has 0 fully saturated rings. The number of hydrogen-bond donors (Lipinski definition) is 1. The van der Waals surface area contributed by atoms with E-state index in [1.54, 1.807) is 0 Å². The molecule has 1 amide bonds. The van der Waals surface area contributed by atoms with Crippen LogP contribution in [0, 0.1) is 11.6 Å². The lowest BCUT2D eigenvalue weighted by molar-refractivity contribution is -0.137. The molecular formula is C16H9F5N4O. The molecule has 2 N–H and O–H groups in total. The van der Waals surface area contributed by atoms with E-state index in [-0.39, 0.29) is 5.69 Å². The van der Waals surface area contributed by atoms with Crippen molar-refractivity contribution in [1.82, 2.24) is 14.8 Å². The Hall–Kier alpha value is -3.30. The third-order valence-corrected chi connectivity index (χ3v) is 3.48. The normalized spacial score (nSPS) is 11.6. The zero-order valence-corrected chi connectivity index (χ0v) is 12.8. The predicted molar refractivity (Wildman–Crippen MR) is 80.2 cm³/mol. The molecule has 0 radical (unpaired) electrons. The van der Waals surface area contributed by atoms with Crippen LogP contribution in [0.2, 0.25) is 0 Å². The van der Waals surface area contributed by atoms with Gasteiger partial charge in [0.15, 0.2) is 11.6 Å². The quantitative estimate of drug-likeness (QED) is 0.721. The maximum atomic E-state index is 13.8. The molecule has 0 saturated carbocycles. The van der Waals surface area contributed by atoms with Crippen LogP contribution in [0.1, 0.15) is 15.9 Å². The number of carbonyl (C=O) groups excluding carboxylic acids is 1. The lowest BCUT2D eigenvalue weighted by Gasteiger charge is -2.14. The summed E-state index contributed by atoms with van der Waals surface area (Å²) in [5, 5.41) is 3.86. The first-order valence-corrected chi connectivity index (χ1v) is 7.06. The second-order valence-corrected chi connectivity index (χ2v) is 5.19. The summed E-state index contributed by atoms with van der Waals surface area (Å²) in [7, 11) is 0. The van der Waals surface area contributed by atoms with Crippen molar-refractivity contribution in [3.63, 3.8) is 0 Å². The van der Waals surface area contributed by atoms with E-state index < -0.39 is 46.2 Å². The number of hydrogen-bond acceptors (Lipinski definition) is 3. The molecule has 5 nitrogen and oxygen atoms in total. The highest BCUT2D eigenvalue weighted by Gasteiger charge is 2.38. The van der Waals surface area contributed by atoms with Gasteiger partial charge in [-0.25, -0.2) is 18.4 Å². The minimum absolute atomic E-state index is 0.189. The lowest BCUT2D eigenvalue weighted by atomic mass is 9.98. The maximum Gasteiger partial charge on any atom is 0.417 e. The van der Waals surface area contributed by atoms with Gasteiger partial charge in [-0.15, -0.1) is 0 Å². The van der Waals surface area contributed by atoms with Gasteiger partial charge < -0.3 is 5.73 Å². The van der Waals surface area contributed by atoms with Crippen LogP contribution in [0.25, 0.3) is 17.1 Å². The maximum absolute atomic E-state index is 13.8. The number of alkyl halides is 3. The Morgan fingerprint density at radius 1 is 1.15 bits per heavy atom. The van der Waals surface area contributed by atoms with Crippen molar-refractivity contribution < 1.29 is 26.7 Å². The first-order chi connectivity index (χ1) is 12.2. The molecule has 2 heterocycles. The highest BCUT2D eigenvalue weighted by molar-refractivity contribution is 5.96. The third-order valence-electron chi connectivity index (χ3n) is 3.48. The van der Waals surface area contributed by atoms with E-state index in [0.717, 1.165) is 29.2 Å². The van der Waals surface area contributed by atoms with Crippen molar-refractivity contribution in [2.75, 3.05) is 0 Å². The first-order valence-electron chi connectivity index (χ1n) is 7.06. The van der Waals surface area contributed by atoms with Gasteiger partial charge in [-0.3, -0.25) is 4.79 Å². The number of pyridine rings is 1. The smallest absolute Gasteiger partial charge is 0.366 e. The third kappa shape index (κ3) is 3.13. The summed E-state index contributed by atoms with van der Waals surface area (Å²) >= 11 is 0. The highest BCUT2D eigenvalue weighted by Crippen LogP contribution is 2.39. The Balaban J connectivity index is 2.16. The molecule has 0 saturated heterocycles. The molecule has 0 spiro atoms. The summed E-state index contributed by atoms with van der Waals surface area (Å²) in [4.78, 5) is 14.9. The van der Waals surface area contributed by atoms with Crippen molar-refractivity contribution in [3.05, 3.63) is 65.5 Å². The Morgan fingerprint density at radius 3 is 2.50 bits per heavy atom. The van der Waals surface area contributed by atoms with Gasteiger partial charge in [0, 0.05) is 17.8 Å². The molecule has 134 valence electrons. The average molecular weight is 368 g/mol. The lowest BCUT2D eigenvalue weighted by Crippen LogP contribution is -2.20. The van der Waals surface area contributed by atoms with E-state index in [0.29, 0.717) is 6.07 Å². The van der Waals surface area contributed by atoms with Crippen LogP contribution in [-0.4, -0.2) is 20.7 Å². The zero-order valence-electron chi connectivity index (χ0n) is 12.8. The van der Waals surface area contributed by atoms with Gasteiger partial charge in [0.05, 0.1) is 23.0 Å². The largest absolute Gasteiger partial charge is 0.417 e. The Kier molecular flexibility index (Phi) is 4.18. The van der Waals surface area contributed by atoms with Gasteiger partial charge in [0.25, 0.3) is 0 Å². The summed E-state index contributed by atoms with van der Waals surface area (Å²) < 4.78 is 67.9. The van der Waals surface area contributed by atoms with Crippen LogP contribution in [0.3, 0.4) is 0 Å². The number of rotatable bonds is 3. The predicted octanol–water partition coefficient (Wildman–Crippen LogP) is 3.33. The number of primary amides is 1. The zero-order chi connectivity index (χ0) is 19.1. The Bertz CT molecular complexity index is 997. The van der Waals surface area contributed by atoms with Crippen molar-refractivity contribution in [3.8, 4) is 17.1 Å². The highest BCUT2D eigenvalue weighted by atomic mass is 19.4. The SMILES string of the molecule is NC(=O)c1cccc(-c2ccn(-c3ncc(F)cc3F)n2)c1C(F)(F)F. The van der Waals surface area contributed by atoms with Gasteiger partial charge >= 0.3 is 6.18 Å². The van der Waals surface area contributed by atoms with E-state index in [1.807, 2.05) is 0 Å². The van der Waals surface area contributed by atoms with E-state index in [2.05, 4.69) is 10.1 Å². The Labute approximate surface area is 142 Å². The molecular weight excluding hydrogens is 359 g/mol. The van der Waals surface area contributed by atoms with Crippen molar-refractivity contribution >= 4 is 5.91 Å². The van der Waals surface area contributed by atoms with Crippen LogP contribution < -0.4 is 5.73 Å². The van der Waals surface area contributed by atoms with Crippen LogP contribution >= 0.6 is 0 Å². The van der Waals surface area contributed by atoms with E-state index in [4.69, 9.17) is 5.73 Å². The van der Waals surface area contributed by atoms with Gasteiger partial charge in [-0.2, -0.15) is 18.3 Å². The van der Waals surface area contributed by atoms with Crippen molar-refractivity contribution in [1.29, 1.82) is 0 Å². The monoisotopic (exact) mass is 368 g/mol. The molecule has 26 heavy (non-hydrogen) atoms. The molecule has 3 rings (SSSR count). The van der Waals surface area contributed by atoms with Crippen LogP contribution in [-0.2, 0) is 6.18 Å².